The summed E-state index contributed by atoms with van der Waals surface area (Å²) in [6, 6.07) is 6.78. The Labute approximate surface area is 87.6 Å². The van der Waals surface area contributed by atoms with Gasteiger partial charge in [0.05, 0.1) is 7.11 Å². The fraction of sp³-hybridized carbons (Fsp3) is 0.300. The van der Waals surface area contributed by atoms with Crippen molar-refractivity contribution in [1.82, 2.24) is 0 Å². The van der Waals surface area contributed by atoms with Crippen molar-refractivity contribution in [3.8, 4) is 5.75 Å². The zero-order valence-corrected chi connectivity index (χ0v) is 8.75. The van der Waals surface area contributed by atoms with Gasteiger partial charge in [0.25, 0.3) is 0 Å². The van der Waals surface area contributed by atoms with Crippen LogP contribution in [0, 0.1) is 0 Å². The van der Waals surface area contributed by atoms with E-state index >= 15 is 0 Å². The summed E-state index contributed by atoms with van der Waals surface area (Å²) >= 11 is 5.69. The van der Waals surface area contributed by atoms with Crippen LogP contribution < -0.4 is 4.74 Å². The fourth-order valence-corrected chi connectivity index (χ4v) is 1.06. The van der Waals surface area contributed by atoms with Crippen LogP contribution in [-0.2, 0) is 9.53 Å². The minimum Gasteiger partial charge on any atom is -0.479 e. The van der Waals surface area contributed by atoms with Gasteiger partial charge in [-0.15, -0.1) is 0 Å². The molecule has 0 aliphatic heterocycles. The van der Waals surface area contributed by atoms with Gasteiger partial charge in [0.1, 0.15) is 5.75 Å². The first-order valence-electron chi connectivity index (χ1n) is 4.13. The summed E-state index contributed by atoms with van der Waals surface area (Å²) in [5, 5.41) is 0.628. The average molecular weight is 215 g/mol. The molecule has 0 bridgehead atoms. The highest BCUT2D eigenvalue weighted by atomic mass is 35.5. The largest absolute Gasteiger partial charge is 0.479 e. The molecule has 3 nitrogen and oxygen atoms in total. The number of halogens is 1. The van der Waals surface area contributed by atoms with E-state index in [1.54, 1.807) is 31.2 Å². The molecule has 1 rings (SSSR count). The normalized spacial score (nSPS) is 11.9. The van der Waals surface area contributed by atoms with Gasteiger partial charge in [-0.25, -0.2) is 4.79 Å². The molecule has 0 aliphatic rings. The second-order valence-electron chi connectivity index (χ2n) is 2.74. The predicted molar refractivity (Wildman–Crippen MR) is 53.6 cm³/mol. The maximum atomic E-state index is 11.0. The van der Waals surface area contributed by atoms with Crippen molar-refractivity contribution in [3.63, 3.8) is 0 Å². The van der Waals surface area contributed by atoms with Crippen LogP contribution >= 0.6 is 11.6 Å². The number of hydrogen-bond donors (Lipinski definition) is 0. The van der Waals surface area contributed by atoms with E-state index in [-0.39, 0.29) is 0 Å². The van der Waals surface area contributed by atoms with Gasteiger partial charge in [-0.2, -0.15) is 0 Å². The zero-order valence-electron chi connectivity index (χ0n) is 7.99. The lowest BCUT2D eigenvalue weighted by molar-refractivity contribution is -0.147. The number of carbonyl (C=O) groups excluding carboxylic acids is 1. The van der Waals surface area contributed by atoms with E-state index in [1.807, 2.05) is 0 Å². The van der Waals surface area contributed by atoms with Crippen molar-refractivity contribution in [2.24, 2.45) is 0 Å². The SMILES string of the molecule is COC(=O)C(C)Oc1ccc(Cl)cc1. The summed E-state index contributed by atoms with van der Waals surface area (Å²) in [5.74, 6) is 0.187. The Balaban J connectivity index is 2.60. The van der Waals surface area contributed by atoms with Crippen molar-refractivity contribution >= 4 is 17.6 Å². The lowest BCUT2D eigenvalue weighted by atomic mass is 10.3. The summed E-state index contributed by atoms with van der Waals surface area (Å²) in [5.41, 5.74) is 0. The molecule has 0 heterocycles. The van der Waals surface area contributed by atoms with E-state index in [2.05, 4.69) is 4.74 Å². The van der Waals surface area contributed by atoms with E-state index in [0.717, 1.165) is 0 Å². The summed E-state index contributed by atoms with van der Waals surface area (Å²) in [6.45, 7) is 1.63. The number of rotatable bonds is 3. The molecule has 0 aliphatic carbocycles. The van der Waals surface area contributed by atoms with Crippen LogP contribution in [0.3, 0.4) is 0 Å². The highest BCUT2D eigenvalue weighted by molar-refractivity contribution is 6.30. The molecule has 76 valence electrons. The zero-order chi connectivity index (χ0) is 10.6. The lowest BCUT2D eigenvalue weighted by Gasteiger charge is -2.11. The molecule has 0 radical (unpaired) electrons. The highest BCUT2D eigenvalue weighted by Crippen LogP contribution is 2.16. The molecule has 1 aromatic carbocycles. The molecule has 1 atom stereocenters. The number of esters is 1. The van der Waals surface area contributed by atoms with Gasteiger partial charge in [-0.05, 0) is 31.2 Å². The minimum atomic E-state index is -0.610. The average Bonchev–Trinajstić information content (AvgIpc) is 2.20. The van der Waals surface area contributed by atoms with Crippen molar-refractivity contribution in [2.75, 3.05) is 7.11 Å². The minimum absolute atomic E-state index is 0.403. The van der Waals surface area contributed by atoms with E-state index < -0.39 is 12.1 Å². The maximum Gasteiger partial charge on any atom is 0.346 e. The molecule has 0 saturated heterocycles. The molecule has 0 spiro atoms. The number of hydrogen-bond acceptors (Lipinski definition) is 3. The Morgan fingerprint density at radius 3 is 2.43 bits per heavy atom. The topological polar surface area (TPSA) is 35.5 Å². The Bertz CT molecular complexity index is 308. The van der Waals surface area contributed by atoms with Crippen molar-refractivity contribution in [3.05, 3.63) is 29.3 Å². The van der Waals surface area contributed by atoms with Gasteiger partial charge in [-0.1, -0.05) is 11.6 Å². The molecule has 0 amide bonds. The van der Waals surface area contributed by atoms with Crippen LogP contribution in [-0.4, -0.2) is 19.2 Å². The number of methoxy groups -OCH3 is 1. The molecule has 4 heteroatoms. The van der Waals surface area contributed by atoms with Crippen molar-refractivity contribution < 1.29 is 14.3 Å². The second kappa shape index (κ2) is 4.86. The second-order valence-corrected chi connectivity index (χ2v) is 3.17. The van der Waals surface area contributed by atoms with Crippen LogP contribution in [0.15, 0.2) is 24.3 Å². The standard InChI is InChI=1S/C10H11ClO3/c1-7(10(12)13-2)14-9-5-3-8(11)4-6-9/h3-7H,1-2H3. The summed E-state index contributed by atoms with van der Waals surface area (Å²) in [4.78, 5) is 11.0. The van der Waals surface area contributed by atoms with Crippen LogP contribution in [0.25, 0.3) is 0 Å². The van der Waals surface area contributed by atoms with Gasteiger partial charge < -0.3 is 9.47 Å². The smallest absolute Gasteiger partial charge is 0.346 e. The summed E-state index contributed by atoms with van der Waals surface area (Å²) in [6.07, 6.45) is -0.610. The Hall–Kier alpha value is -1.22. The third-order valence-electron chi connectivity index (χ3n) is 1.66. The first kappa shape index (κ1) is 10.9. The number of benzene rings is 1. The monoisotopic (exact) mass is 214 g/mol. The van der Waals surface area contributed by atoms with Gasteiger partial charge in [0, 0.05) is 5.02 Å². The van der Waals surface area contributed by atoms with Gasteiger partial charge in [-0.3, -0.25) is 0 Å². The van der Waals surface area contributed by atoms with E-state index in [4.69, 9.17) is 16.3 Å². The maximum absolute atomic E-state index is 11.0. The van der Waals surface area contributed by atoms with E-state index in [9.17, 15) is 4.79 Å². The Morgan fingerprint density at radius 2 is 1.93 bits per heavy atom. The molecular formula is C10H11ClO3. The molecule has 0 saturated carbocycles. The molecule has 0 N–H and O–H groups in total. The molecule has 14 heavy (non-hydrogen) atoms. The molecule has 1 unspecified atom stereocenters. The molecular weight excluding hydrogens is 204 g/mol. The number of ether oxygens (including phenoxy) is 2. The molecule has 1 aromatic rings. The summed E-state index contributed by atoms with van der Waals surface area (Å²) in [7, 11) is 1.32. The van der Waals surface area contributed by atoms with Gasteiger partial charge in [0.2, 0.25) is 0 Å². The van der Waals surface area contributed by atoms with Gasteiger partial charge in [0.15, 0.2) is 6.10 Å². The van der Waals surface area contributed by atoms with E-state index in [0.29, 0.717) is 10.8 Å². The van der Waals surface area contributed by atoms with Crippen LogP contribution in [0.5, 0.6) is 5.75 Å². The third kappa shape index (κ3) is 2.92. The molecule has 0 fully saturated rings. The van der Waals surface area contributed by atoms with Gasteiger partial charge >= 0.3 is 5.97 Å². The van der Waals surface area contributed by atoms with Crippen molar-refractivity contribution in [1.29, 1.82) is 0 Å². The van der Waals surface area contributed by atoms with E-state index in [1.165, 1.54) is 7.11 Å². The molecule has 0 aromatic heterocycles. The Kier molecular flexibility index (Phi) is 3.77. The summed E-state index contributed by atoms with van der Waals surface area (Å²) < 4.78 is 9.81. The van der Waals surface area contributed by atoms with Crippen molar-refractivity contribution in [2.45, 2.75) is 13.0 Å². The van der Waals surface area contributed by atoms with Crippen LogP contribution in [0.2, 0.25) is 5.02 Å². The van der Waals surface area contributed by atoms with Crippen LogP contribution in [0.1, 0.15) is 6.92 Å². The lowest BCUT2D eigenvalue weighted by Crippen LogP contribution is -2.24. The third-order valence-corrected chi connectivity index (χ3v) is 1.91. The first-order valence-corrected chi connectivity index (χ1v) is 4.51. The first-order chi connectivity index (χ1) is 6.63. The highest BCUT2D eigenvalue weighted by Gasteiger charge is 2.14. The predicted octanol–water partition coefficient (Wildman–Crippen LogP) is 2.28. The fourth-order valence-electron chi connectivity index (χ4n) is 0.931. The Morgan fingerprint density at radius 1 is 1.36 bits per heavy atom. The number of carbonyl (C=O) groups is 1. The quantitative estimate of drug-likeness (QED) is 0.725. The van der Waals surface area contributed by atoms with Crippen LogP contribution in [0.4, 0.5) is 0 Å².